The van der Waals surface area contributed by atoms with Crippen LogP contribution in [-0.2, 0) is 33.2 Å². The lowest BCUT2D eigenvalue weighted by Gasteiger charge is -2.71. The first-order chi connectivity index (χ1) is 29.0. The second-order valence-corrected chi connectivity index (χ2v) is 22.6. The number of aliphatic hydroxyl groups excluding tert-OH is 9. The van der Waals surface area contributed by atoms with Gasteiger partial charge in [-0.3, -0.25) is 4.79 Å². The smallest absolute Gasteiger partial charge is 0.315 e. The fourth-order valence-electron chi connectivity index (χ4n) is 14.4. The van der Waals surface area contributed by atoms with Gasteiger partial charge in [0.25, 0.3) is 0 Å². The maximum Gasteiger partial charge on any atom is 0.315 e. The third-order valence-corrected chi connectivity index (χ3v) is 18.5. The summed E-state index contributed by atoms with van der Waals surface area (Å²) in [5.74, 6) is 0.215. The van der Waals surface area contributed by atoms with Crippen LogP contribution in [0.15, 0.2) is 11.6 Å². The Morgan fingerprint density at radius 3 is 1.97 bits per heavy atom. The van der Waals surface area contributed by atoms with Gasteiger partial charge in [-0.15, -0.1) is 0 Å². The summed E-state index contributed by atoms with van der Waals surface area (Å²) in [6.07, 6.45) is -10.8. The van der Waals surface area contributed by atoms with Crippen molar-refractivity contribution < 1.29 is 79.2 Å². The summed E-state index contributed by atoms with van der Waals surface area (Å²) in [5, 5.41) is 96.1. The van der Waals surface area contributed by atoms with E-state index in [1.165, 1.54) is 5.57 Å². The number of ether oxygens (including phenoxy) is 6. The topological polar surface area (TPSA) is 255 Å². The molecule has 3 aliphatic heterocycles. The fraction of sp³-hybridized carbons (Fsp3) is 0.935. The first kappa shape index (κ1) is 47.2. The van der Waals surface area contributed by atoms with Gasteiger partial charge < -0.3 is 74.4 Å². The summed E-state index contributed by atoms with van der Waals surface area (Å²) < 4.78 is 35.5. The number of carbonyl (C=O) groups is 1. The van der Waals surface area contributed by atoms with Crippen molar-refractivity contribution in [1.29, 1.82) is 0 Å². The Labute approximate surface area is 364 Å². The molecule has 21 atom stereocenters. The Hall–Kier alpha value is -1.35. The molecule has 0 aromatic carbocycles. The average Bonchev–Trinajstić information content (AvgIpc) is 3.21. The summed E-state index contributed by atoms with van der Waals surface area (Å²) in [6.45, 7) is 14.8. The van der Waals surface area contributed by atoms with Crippen LogP contribution in [0, 0.1) is 50.2 Å². The maximum atomic E-state index is 15.1. The Kier molecular flexibility index (Phi) is 12.5. The van der Waals surface area contributed by atoms with E-state index in [-0.39, 0.29) is 45.7 Å². The molecule has 16 nitrogen and oxygen atoms in total. The monoisotopic (exact) mass is 882 g/mol. The van der Waals surface area contributed by atoms with Gasteiger partial charge in [-0.1, -0.05) is 60.1 Å². The average molecular weight is 883 g/mol. The predicted octanol–water partition coefficient (Wildman–Crippen LogP) is 1.42. The number of aliphatic hydroxyl groups is 9. The van der Waals surface area contributed by atoms with Crippen LogP contribution in [0.3, 0.4) is 0 Å². The highest BCUT2D eigenvalue weighted by atomic mass is 16.8. The molecule has 8 aliphatic rings. The molecule has 0 spiro atoms. The van der Waals surface area contributed by atoms with Crippen LogP contribution >= 0.6 is 0 Å². The first-order valence-electron chi connectivity index (χ1n) is 23.1. The normalized spacial score (nSPS) is 53.5. The standard InChI is InChI=1S/C46H74O16/c1-41(2)14-16-46(17-15-44(6)22(23(46)18-41)8-9-28-43(5)12-11-29(50)42(3,4)27(43)10-13-45(28,44)7)40(56)62-39-36(31(52)25(49)21-58-39)61-38-35(30(51)24(48)20-57-38)60-37-34(55)33(54)32(53)26(19-47)59-37/h8,23-39,47-55H,9-21H2,1-7H3/t23?,24-,25+,26-,27?,28?,29+,30+,31+,32-,33+,34-,35-,36-,37+,38+,39+,43+,44-,45-,46+/m1/s1. The minimum absolute atomic E-state index is 0.0314. The van der Waals surface area contributed by atoms with E-state index in [4.69, 9.17) is 28.4 Å². The number of hydrogen-bond acceptors (Lipinski definition) is 16. The molecule has 62 heavy (non-hydrogen) atoms. The predicted molar refractivity (Wildman–Crippen MR) is 218 cm³/mol. The maximum absolute atomic E-state index is 15.1. The number of carbonyl (C=O) groups excluding carboxylic acids is 1. The van der Waals surface area contributed by atoms with Crippen molar-refractivity contribution in [3.05, 3.63) is 11.6 Å². The van der Waals surface area contributed by atoms with Crippen LogP contribution in [0.2, 0.25) is 0 Å². The van der Waals surface area contributed by atoms with Gasteiger partial charge in [-0.2, -0.15) is 0 Å². The number of allylic oxidation sites excluding steroid dienone is 2. The largest absolute Gasteiger partial charge is 0.432 e. The van der Waals surface area contributed by atoms with Crippen molar-refractivity contribution in [2.75, 3.05) is 19.8 Å². The number of hydrogen-bond donors (Lipinski definition) is 9. The zero-order valence-electron chi connectivity index (χ0n) is 37.5. The molecular formula is C46H74O16. The van der Waals surface area contributed by atoms with Crippen molar-refractivity contribution in [2.45, 2.75) is 199 Å². The molecule has 0 amide bonds. The molecule has 3 heterocycles. The summed E-state index contributed by atoms with van der Waals surface area (Å²) >= 11 is 0. The van der Waals surface area contributed by atoms with E-state index in [0.29, 0.717) is 24.7 Å². The quantitative estimate of drug-likeness (QED) is 0.130. The SMILES string of the molecule is CC1(C)CC[C@]2(C(=O)O[C@@H]3OC[C@H](O)[C@H](O)[C@H]3O[C@@H]3OC[C@@H](O)[C@H](O)[C@H]3O[C@@H]3O[C@H](CO)[C@@H](O)[C@H](O)[C@H]3O)CC[C@]3(C)C(=CCC4[C@@]5(C)CC[C@H](O)C(C)(C)C5CC[C@]43C)C2C1. The van der Waals surface area contributed by atoms with Crippen molar-refractivity contribution in [1.82, 2.24) is 0 Å². The molecule has 0 radical (unpaired) electrons. The zero-order chi connectivity index (χ0) is 45.1. The van der Waals surface area contributed by atoms with Gasteiger partial charge in [0.1, 0.15) is 54.9 Å². The third kappa shape index (κ3) is 7.28. The van der Waals surface area contributed by atoms with Gasteiger partial charge in [0.05, 0.1) is 31.3 Å². The summed E-state index contributed by atoms with van der Waals surface area (Å²) in [4.78, 5) is 15.1. The van der Waals surface area contributed by atoms with E-state index in [9.17, 15) is 46.0 Å². The van der Waals surface area contributed by atoms with Gasteiger partial charge in [-0.25, -0.2) is 0 Å². The van der Waals surface area contributed by atoms with Crippen LogP contribution in [0.5, 0.6) is 0 Å². The van der Waals surface area contributed by atoms with E-state index in [1.807, 2.05) is 0 Å². The molecule has 0 aromatic heterocycles. The van der Waals surface area contributed by atoms with Crippen LogP contribution in [0.4, 0.5) is 0 Å². The second-order valence-electron chi connectivity index (χ2n) is 22.6. The van der Waals surface area contributed by atoms with E-state index < -0.39 is 105 Å². The number of esters is 1. The van der Waals surface area contributed by atoms with E-state index in [1.54, 1.807) is 0 Å². The minimum atomic E-state index is -1.86. The van der Waals surface area contributed by atoms with Gasteiger partial charge in [0, 0.05) is 0 Å². The number of fused-ring (bicyclic) bond motifs is 7. The zero-order valence-corrected chi connectivity index (χ0v) is 37.5. The highest BCUT2D eigenvalue weighted by Gasteiger charge is 2.70. The molecule has 9 N–H and O–H groups in total. The van der Waals surface area contributed by atoms with Crippen LogP contribution in [-0.4, -0.2) is 158 Å². The third-order valence-electron chi connectivity index (χ3n) is 18.5. The second kappa shape index (κ2) is 16.5. The van der Waals surface area contributed by atoms with Gasteiger partial charge in [0.2, 0.25) is 6.29 Å². The summed E-state index contributed by atoms with van der Waals surface area (Å²) in [7, 11) is 0. The molecule has 3 unspecified atom stereocenters. The fourth-order valence-corrected chi connectivity index (χ4v) is 14.4. The Morgan fingerprint density at radius 2 is 1.31 bits per heavy atom. The Balaban J connectivity index is 1.06. The van der Waals surface area contributed by atoms with Crippen LogP contribution < -0.4 is 0 Å². The molecular weight excluding hydrogens is 808 g/mol. The van der Waals surface area contributed by atoms with E-state index >= 15 is 4.79 Å². The number of rotatable bonds is 7. The molecule has 16 heteroatoms. The summed E-state index contributed by atoms with van der Waals surface area (Å²) in [5.41, 5.74) is 0.0446. The molecule has 3 saturated heterocycles. The lowest BCUT2D eigenvalue weighted by atomic mass is 9.33. The van der Waals surface area contributed by atoms with Crippen molar-refractivity contribution in [3.8, 4) is 0 Å². The Bertz CT molecular complexity index is 1690. The van der Waals surface area contributed by atoms with Crippen molar-refractivity contribution >= 4 is 5.97 Å². The lowest BCUT2D eigenvalue weighted by Crippen LogP contribution is -2.65. The van der Waals surface area contributed by atoms with Crippen molar-refractivity contribution in [3.63, 3.8) is 0 Å². The first-order valence-corrected chi connectivity index (χ1v) is 23.1. The highest BCUT2D eigenvalue weighted by molar-refractivity contribution is 5.79. The molecule has 0 aromatic rings. The van der Waals surface area contributed by atoms with Crippen molar-refractivity contribution in [2.24, 2.45) is 50.2 Å². The lowest BCUT2D eigenvalue weighted by molar-refractivity contribution is -0.377. The molecule has 7 fully saturated rings. The minimum Gasteiger partial charge on any atom is -0.432 e. The van der Waals surface area contributed by atoms with Gasteiger partial charge in [0.15, 0.2) is 18.7 Å². The highest BCUT2D eigenvalue weighted by Crippen LogP contribution is 2.76. The van der Waals surface area contributed by atoms with Crippen LogP contribution in [0.1, 0.15) is 113 Å². The molecule has 354 valence electrons. The van der Waals surface area contributed by atoms with Gasteiger partial charge in [-0.05, 0) is 109 Å². The molecule has 5 aliphatic carbocycles. The molecule has 8 rings (SSSR count). The van der Waals surface area contributed by atoms with Crippen LogP contribution in [0.25, 0.3) is 0 Å². The van der Waals surface area contributed by atoms with E-state index in [0.717, 1.165) is 51.4 Å². The summed E-state index contributed by atoms with van der Waals surface area (Å²) in [6, 6.07) is 0. The van der Waals surface area contributed by atoms with E-state index in [2.05, 4.69) is 54.5 Å². The molecule has 0 bridgehead atoms. The molecule has 4 saturated carbocycles. The Morgan fingerprint density at radius 1 is 0.694 bits per heavy atom. The van der Waals surface area contributed by atoms with Gasteiger partial charge >= 0.3 is 5.97 Å².